The van der Waals surface area contributed by atoms with Crippen LogP contribution >= 0.6 is 22.6 Å². The van der Waals surface area contributed by atoms with E-state index in [-0.39, 0.29) is 23.4 Å². The zero-order valence-electron chi connectivity index (χ0n) is 10.7. The van der Waals surface area contributed by atoms with Crippen molar-refractivity contribution in [2.24, 2.45) is 5.92 Å². The van der Waals surface area contributed by atoms with Crippen molar-refractivity contribution in [3.8, 4) is 0 Å². The molecule has 1 aromatic rings. The summed E-state index contributed by atoms with van der Waals surface area (Å²) in [7, 11) is 0. The van der Waals surface area contributed by atoms with Gasteiger partial charge in [0.25, 0.3) is 0 Å². The summed E-state index contributed by atoms with van der Waals surface area (Å²) in [5.74, 6) is -1.15. The lowest BCUT2D eigenvalue weighted by Crippen LogP contribution is -2.33. The van der Waals surface area contributed by atoms with E-state index in [1.54, 1.807) is 18.2 Å². The van der Waals surface area contributed by atoms with E-state index in [4.69, 9.17) is 0 Å². The van der Waals surface area contributed by atoms with E-state index in [1.165, 1.54) is 0 Å². The number of hydrogen-bond donors (Lipinski definition) is 3. The van der Waals surface area contributed by atoms with Gasteiger partial charge < -0.3 is 15.7 Å². The highest BCUT2D eigenvalue weighted by Gasteiger charge is 2.42. The maximum atomic E-state index is 12.3. The quantitative estimate of drug-likeness (QED) is 0.696. The average molecular weight is 386 g/mol. The maximum Gasteiger partial charge on any atom is 0.337 e. The molecule has 2 saturated heterocycles. The second kappa shape index (κ2) is 5.33. The van der Waals surface area contributed by atoms with E-state index in [2.05, 4.69) is 33.2 Å². The molecule has 2 aliphatic heterocycles. The SMILES string of the molecule is O=C(O)c1cc(I)ccc1NC(=O)C1CC2CCC1N2. The minimum atomic E-state index is -1.02. The third-order valence-electron chi connectivity index (χ3n) is 4.11. The smallest absolute Gasteiger partial charge is 0.337 e. The van der Waals surface area contributed by atoms with Gasteiger partial charge in [0.2, 0.25) is 5.91 Å². The second-order valence-electron chi connectivity index (χ2n) is 5.37. The first-order valence-electron chi connectivity index (χ1n) is 6.64. The fraction of sp³-hybridized carbons (Fsp3) is 0.429. The molecule has 6 heteroatoms. The number of nitrogens with one attached hydrogen (secondary N) is 2. The van der Waals surface area contributed by atoms with Crippen LogP contribution in [0, 0.1) is 9.49 Å². The molecule has 2 fully saturated rings. The van der Waals surface area contributed by atoms with Crippen molar-refractivity contribution >= 4 is 40.2 Å². The summed E-state index contributed by atoms with van der Waals surface area (Å²) < 4.78 is 0.833. The number of carbonyl (C=O) groups excluding carboxylic acids is 1. The number of carboxylic acid groups (broad SMARTS) is 1. The van der Waals surface area contributed by atoms with Crippen LogP contribution in [-0.4, -0.2) is 29.1 Å². The summed E-state index contributed by atoms with van der Waals surface area (Å²) in [5.41, 5.74) is 0.520. The molecule has 20 heavy (non-hydrogen) atoms. The number of benzene rings is 1. The summed E-state index contributed by atoms with van der Waals surface area (Å²) in [4.78, 5) is 23.6. The lowest BCUT2D eigenvalue weighted by Gasteiger charge is -2.20. The van der Waals surface area contributed by atoms with Crippen LogP contribution < -0.4 is 10.6 Å². The van der Waals surface area contributed by atoms with Crippen molar-refractivity contribution in [1.29, 1.82) is 0 Å². The molecule has 0 radical (unpaired) electrons. The van der Waals surface area contributed by atoms with Crippen LogP contribution in [0.25, 0.3) is 0 Å². The van der Waals surface area contributed by atoms with Crippen LogP contribution in [0.15, 0.2) is 18.2 Å². The Balaban J connectivity index is 1.78. The van der Waals surface area contributed by atoms with Crippen LogP contribution in [0.5, 0.6) is 0 Å². The molecule has 3 N–H and O–H groups in total. The van der Waals surface area contributed by atoms with Crippen molar-refractivity contribution in [1.82, 2.24) is 5.32 Å². The van der Waals surface area contributed by atoms with Gasteiger partial charge in [-0.25, -0.2) is 4.79 Å². The number of amides is 1. The van der Waals surface area contributed by atoms with Gasteiger partial charge in [-0.05, 0) is 60.1 Å². The highest BCUT2D eigenvalue weighted by molar-refractivity contribution is 14.1. The van der Waals surface area contributed by atoms with Gasteiger partial charge in [0.15, 0.2) is 0 Å². The fourth-order valence-electron chi connectivity index (χ4n) is 3.14. The third-order valence-corrected chi connectivity index (χ3v) is 4.78. The average Bonchev–Trinajstić information content (AvgIpc) is 3.03. The normalized spacial score (nSPS) is 27.6. The highest BCUT2D eigenvalue weighted by Crippen LogP contribution is 2.34. The number of rotatable bonds is 3. The van der Waals surface area contributed by atoms with Gasteiger partial charge in [-0.1, -0.05) is 0 Å². The molecule has 0 aromatic heterocycles. The van der Waals surface area contributed by atoms with Gasteiger partial charge in [0, 0.05) is 15.7 Å². The number of carboxylic acids is 1. The summed E-state index contributed by atoms with van der Waals surface area (Å²) >= 11 is 2.06. The molecule has 0 spiro atoms. The predicted octanol–water partition coefficient (Wildman–Crippen LogP) is 2.07. The monoisotopic (exact) mass is 386 g/mol. The molecule has 0 saturated carbocycles. The van der Waals surface area contributed by atoms with Crippen LogP contribution in [0.4, 0.5) is 5.69 Å². The zero-order valence-corrected chi connectivity index (χ0v) is 12.9. The first-order valence-corrected chi connectivity index (χ1v) is 7.72. The van der Waals surface area contributed by atoms with Crippen molar-refractivity contribution in [2.45, 2.75) is 31.3 Å². The molecule has 1 amide bonds. The molecule has 0 aliphatic carbocycles. The second-order valence-corrected chi connectivity index (χ2v) is 6.62. The summed E-state index contributed by atoms with van der Waals surface area (Å²) in [6.07, 6.45) is 3.02. The summed E-state index contributed by atoms with van der Waals surface area (Å²) in [6, 6.07) is 5.71. The Bertz CT molecular complexity index is 576. The fourth-order valence-corrected chi connectivity index (χ4v) is 3.63. The van der Waals surface area contributed by atoms with Gasteiger partial charge in [-0.15, -0.1) is 0 Å². The Morgan fingerprint density at radius 2 is 2.15 bits per heavy atom. The van der Waals surface area contributed by atoms with E-state index in [1.807, 2.05) is 0 Å². The number of anilines is 1. The predicted molar refractivity (Wildman–Crippen MR) is 82.8 cm³/mol. The van der Waals surface area contributed by atoms with Crippen LogP contribution in [0.1, 0.15) is 29.6 Å². The topological polar surface area (TPSA) is 78.4 Å². The molecule has 3 rings (SSSR count). The zero-order chi connectivity index (χ0) is 14.3. The Morgan fingerprint density at radius 1 is 1.35 bits per heavy atom. The van der Waals surface area contributed by atoms with E-state index in [0.29, 0.717) is 11.7 Å². The largest absolute Gasteiger partial charge is 0.478 e. The summed E-state index contributed by atoms with van der Waals surface area (Å²) in [6.45, 7) is 0. The number of carbonyl (C=O) groups is 2. The van der Waals surface area contributed by atoms with Gasteiger partial charge in [0.1, 0.15) is 0 Å². The molecule has 2 bridgehead atoms. The molecule has 5 nitrogen and oxygen atoms in total. The first kappa shape index (κ1) is 13.8. The molecule has 106 valence electrons. The number of aromatic carboxylic acids is 1. The lowest BCUT2D eigenvalue weighted by atomic mass is 9.88. The molecule has 3 unspecified atom stereocenters. The van der Waals surface area contributed by atoms with Crippen molar-refractivity contribution < 1.29 is 14.7 Å². The first-order chi connectivity index (χ1) is 9.54. The molecular formula is C14H15IN2O3. The van der Waals surface area contributed by atoms with Crippen molar-refractivity contribution in [3.63, 3.8) is 0 Å². The number of hydrogen-bond acceptors (Lipinski definition) is 3. The van der Waals surface area contributed by atoms with E-state index in [0.717, 1.165) is 22.8 Å². The molecule has 2 aliphatic rings. The van der Waals surface area contributed by atoms with Crippen LogP contribution in [0.2, 0.25) is 0 Å². The standard InChI is InChI=1S/C14H15IN2O3/c15-7-1-3-12(10(5-7)14(19)20)17-13(18)9-6-8-2-4-11(9)16-8/h1,3,5,8-9,11,16H,2,4,6H2,(H,17,18)(H,19,20). The highest BCUT2D eigenvalue weighted by atomic mass is 127. The van der Waals surface area contributed by atoms with Crippen molar-refractivity contribution in [2.75, 3.05) is 5.32 Å². The Morgan fingerprint density at radius 3 is 2.75 bits per heavy atom. The number of halogens is 1. The van der Waals surface area contributed by atoms with E-state index in [9.17, 15) is 14.7 Å². The lowest BCUT2D eigenvalue weighted by molar-refractivity contribution is -0.120. The molecule has 1 aromatic carbocycles. The minimum Gasteiger partial charge on any atom is -0.478 e. The van der Waals surface area contributed by atoms with Gasteiger partial charge in [-0.2, -0.15) is 0 Å². The van der Waals surface area contributed by atoms with Crippen LogP contribution in [0.3, 0.4) is 0 Å². The Kier molecular flexibility index (Phi) is 3.68. The molecule has 2 heterocycles. The maximum absolute atomic E-state index is 12.3. The minimum absolute atomic E-state index is 0.0466. The van der Waals surface area contributed by atoms with Gasteiger partial charge >= 0.3 is 5.97 Å². The van der Waals surface area contributed by atoms with Crippen molar-refractivity contribution in [3.05, 3.63) is 27.3 Å². The van der Waals surface area contributed by atoms with E-state index < -0.39 is 5.97 Å². The van der Waals surface area contributed by atoms with Crippen LogP contribution in [-0.2, 0) is 4.79 Å². The molecular weight excluding hydrogens is 371 g/mol. The third kappa shape index (κ3) is 2.54. The van der Waals surface area contributed by atoms with Gasteiger partial charge in [-0.3, -0.25) is 4.79 Å². The Labute approximate surface area is 130 Å². The number of fused-ring (bicyclic) bond motifs is 2. The van der Waals surface area contributed by atoms with E-state index >= 15 is 0 Å². The Hall–Kier alpha value is -1.15. The molecule has 3 atom stereocenters. The van der Waals surface area contributed by atoms with Gasteiger partial charge in [0.05, 0.1) is 17.2 Å². The summed E-state index contributed by atoms with van der Waals surface area (Å²) in [5, 5.41) is 15.4.